The Morgan fingerprint density at radius 1 is 1.17 bits per heavy atom. The molecular weight excluding hydrogens is 345 g/mol. The van der Waals surface area contributed by atoms with E-state index in [1.807, 2.05) is 0 Å². The molecule has 0 aliphatic heterocycles. The van der Waals surface area contributed by atoms with Crippen molar-refractivity contribution < 1.29 is 23.1 Å². The molecule has 0 fully saturated rings. The SMILES string of the molecule is CC(=NNC(=O)c1ccc(C(F)(F)F)cc1)c1ccc(Cl)cc1O. The third-order valence-corrected chi connectivity index (χ3v) is 3.38. The highest BCUT2D eigenvalue weighted by Gasteiger charge is 2.30. The largest absolute Gasteiger partial charge is 0.507 e. The molecule has 24 heavy (non-hydrogen) atoms. The van der Waals surface area contributed by atoms with Crippen LogP contribution in [0.5, 0.6) is 5.75 Å². The zero-order valence-corrected chi connectivity index (χ0v) is 13.1. The van der Waals surface area contributed by atoms with Crippen molar-refractivity contribution in [3.05, 3.63) is 64.2 Å². The average molecular weight is 357 g/mol. The molecule has 0 unspecified atom stereocenters. The fraction of sp³-hybridized carbons (Fsp3) is 0.125. The van der Waals surface area contributed by atoms with Crippen molar-refractivity contribution in [2.45, 2.75) is 13.1 Å². The highest BCUT2D eigenvalue weighted by Crippen LogP contribution is 2.29. The molecule has 0 aliphatic rings. The van der Waals surface area contributed by atoms with E-state index in [0.717, 1.165) is 24.3 Å². The first-order chi connectivity index (χ1) is 11.2. The zero-order chi connectivity index (χ0) is 17.9. The summed E-state index contributed by atoms with van der Waals surface area (Å²) in [5.41, 5.74) is 2.08. The fourth-order valence-electron chi connectivity index (χ4n) is 1.88. The fourth-order valence-corrected chi connectivity index (χ4v) is 2.05. The number of hydrogen-bond donors (Lipinski definition) is 2. The van der Waals surface area contributed by atoms with Gasteiger partial charge in [0, 0.05) is 16.1 Å². The number of carbonyl (C=O) groups is 1. The van der Waals surface area contributed by atoms with Crippen LogP contribution < -0.4 is 5.43 Å². The minimum atomic E-state index is -4.46. The highest BCUT2D eigenvalue weighted by molar-refractivity contribution is 6.30. The van der Waals surface area contributed by atoms with Crippen molar-refractivity contribution in [2.75, 3.05) is 0 Å². The number of phenolic OH excluding ortho intramolecular Hbond substituents is 1. The number of benzene rings is 2. The molecule has 0 radical (unpaired) electrons. The number of nitrogens with one attached hydrogen (secondary N) is 1. The van der Waals surface area contributed by atoms with Crippen LogP contribution in [0.1, 0.15) is 28.4 Å². The van der Waals surface area contributed by atoms with Gasteiger partial charge in [-0.1, -0.05) is 11.6 Å². The molecule has 0 saturated heterocycles. The Hall–Kier alpha value is -2.54. The summed E-state index contributed by atoms with van der Waals surface area (Å²) < 4.78 is 37.4. The van der Waals surface area contributed by atoms with E-state index >= 15 is 0 Å². The van der Waals surface area contributed by atoms with E-state index in [4.69, 9.17) is 11.6 Å². The molecule has 0 atom stereocenters. The maximum Gasteiger partial charge on any atom is 0.416 e. The predicted octanol–water partition coefficient (Wildman–Crippen LogP) is 4.22. The lowest BCUT2D eigenvalue weighted by Gasteiger charge is -2.08. The van der Waals surface area contributed by atoms with Crippen LogP contribution in [0.15, 0.2) is 47.6 Å². The van der Waals surface area contributed by atoms with Crippen LogP contribution in [0.3, 0.4) is 0 Å². The molecule has 0 aromatic heterocycles. The Morgan fingerprint density at radius 2 is 1.79 bits per heavy atom. The first-order valence-electron chi connectivity index (χ1n) is 6.69. The minimum absolute atomic E-state index is 0.0277. The van der Waals surface area contributed by atoms with Crippen LogP contribution in [0, 0.1) is 0 Å². The van der Waals surface area contributed by atoms with Gasteiger partial charge in [0.05, 0.1) is 11.3 Å². The Morgan fingerprint density at radius 3 is 2.33 bits per heavy atom. The lowest BCUT2D eigenvalue weighted by atomic mass is 10.1. The Kier molecular flexibility index (Phi) is 5.14. The van der Waals surface area contributed by atoms with E-state index in [0.29, 0.717) is 16.3 Å². The average Bonchev–Trinajstić information content (AvgIpc) is 2.51. The van der Waals surface area contributed by atoms with E-state index in [9.17, 15) is 23.1 Å². The molecule has 0 spiro atoms. The molecule has 0 aliphatic carbocycles. The molecule has 0 saturated carbocycles. The van der Waals surface area contributed by atoms with Gasteiger partial charge >= 0.3 is 6.18 Å². The summed E-state index contributed by atoms with van der Waals surface area (Å²) in [6, 6.07) is 8.15. The number of halogens is 4. The van der Waals surface area contributed by atoms with Crippen molar-refractivity contribution in [1.82, 2.24) is 5.43 Å². The quantitative estimate of drug-likeness (QED) is 0.639. The Balaban J connectivity index is 2.11. The van der Waals surface area contributed by atoms with Crippen LogP contribution in [-0.2, 0) is 6.18 Å². The third kappa shape index (κ3) is 4.26. The van der Waals surface area contributed by atoms with Crippen LogP contribution >= 0.6 is 11.6 Å². The first kappa shape index (κ1) is 17.8. The monoisotopic (exact) mass is 356 g/mol. The van der Waals surface area contributed by atoms with Crippen molar-refractivity contribution in [2.24, 2.45) is 5.10 Å². The molecular formula is C16H12ClF3N2O2. The van der Waals surface area contributed by atoms with Crippen molar-refractivity contribution in [1.29, 1.82) is 0 Å². The summed E-state index contributed by atoms with van der Waals surface area (Å²) >= 11 is 5.72. The summed E-state index contributed by atoms with van der Waals surface area (Å²) in [6.07, 6.45) is -4.46. The van der Waals surface area contributed by atoms with Crippen molar-refractivity contribution in [3.8, 4) is 5.75 Å². The summed E-state index contributed by atoms with van der Waals surface area (Å²) in [5.74, 6) is -0.774. The number of phenols is 1. The molecule has 8 heteroatoms. The van der Waals surface area contributed by atoms with Gasteiger partial charge in [-0.2, -0.15) is 18.3 Å². The number of hydrogen-bond acceptors (Lipinski definition) is 3. The first-order valence-corrected chi connectivity index (χ1v) is 7.07. The number of hydrazone groups is 1. The van der Waals surface area contributed by atoms with Gasteiger partial charge in [0.25, 0.3) is 5.91 Å². The summed E-state index contributed by atoms with van der Waals surface area (Å²) in [6.45, 7) is 1.55. The van der Waals surface area contributed by atoms with Gasteiger partial charge in [0.2, 0.25) is 0 Å². The van der Waals surface area contributed by atoms with E-state index in [1.54, 1.807) is 13.0 Å². The molecule has 4 nitrogen and oxygen atoms in total. The van der Waals surface area contributed by atoms with E-state index in [-0.39, 0.29) is 11.3 Å². The van der Waals surface area contributed by atoms with Gasteiger partial charge < -0.3 is 5.11 Å². The molecule has 2 N–H and O–H groups in total. The number of amides is 1. The molecule has 0 bridgehead atoms. The number of alkyl halides is 3. The number of carbonyl (C=O) groups excluding carboxylic acids is 1. The lowest BCUT2D eigenvalue weighted by molar-refractivity contribution is -0.137. The van der Waals surface area contributed by atoms with E-state index in [1.165, 1.54) is 12.1 Å². The van der Waals surface area contributed by atoms with Gasteiger partial charge in [-0.05, 0) is 49.4 Å². The molecule has 2 rings (SSSR count). The smallest absolute Gasteiger partial charge is 0.416 e. The summed E-state index contributed by atoms with van der Waals surface area (Å²) in [7, 11) is 0. The minimum Gasteiger partial charge on any atom is -0.507 e. The number of nitrogens with zero attached hydrogens (tertiary/aromatic N) is 1. The second kappa shape index (κ2) is 6.92. The van der Waals surface area contributed by atoms with Gasteiger partial charge in [-0.15, -0.1) is 0 Å². The normalized spacial score (nSPS) is 12.1. The van der Waals surface area contributed by atoms with Gasteiger partial charge in [-0.25, -0.2) is 5.43 Å². The third-order valence-electron chi connectivity index (χ3n) is 3.15. The molecule has 2 aromatic rings. The molecule has 1 amide bonds. The van der Waals surface area contributed by atoms with Crippen molar-refractivity contribution in [3.63, 3.8) is 0 Å². The second-order valence-corrected chi connectivity index (χ2v) is 5.31. The highest BCUT2D eigenvalue weighted by atomic mass is 35.5. The summed E-state index contributed by atoms with van der Waals surface area (Å²) in [5, 5.41) is 13.9. The maximum absolute atomic E-state index is 12.5. The van der Waals surface area contributed by atoms with Gasteiger partial charge in [0.15, 0.2) is 0 Å². The standard InChI is InChI=1S/C16H12ClF3N2O2/c1-9(13-7-6-12(17)8-14(13)23)21-22-15(24)10-2-4-11(5-3-10)16(18,19)20/h2-8,23H,1H3,(H,22,24). The zero-order valence-electron chi connectivity index (χ0n) is 12.4. The molecule has 2 aromatic carbocycles. The van der Waals surface area contributed by atoms with E-state index < -0.39 is 17.6 Å². The topological polar surface area (TPSA) is 61.7 Å². The van der Waals surface area contributed by atoms with Crippen LogP contribution in [0.2, 0.25) is 5.02 Å². The number of rotatable bonds is 3. The van der Waals surface area contributed by atoms with Crippen LogP contribution in [0.4, 0.5) is 13.2 Å². The lowest BCUT2D eigenvalue weighted by Crippen LogP contribution is -2.19. The van der Waals surface area contributed by atoms with Crippen LogP contribution in [-0.4, -0.2) is 16.7 Å². The van der Waals surface area contributed by atoms with Gasteiger partial charge in [-0.3, -0.25) is 4.79 Å². The van der Waals surface area contributed by atoms with Crippen molar-refractivity contribution >= 4 is 23.2 Å². The Labute approximate surface area is 140 Å². The predicted molar refractivity (Wildman–Crippen MR) is 84.2 cm³/mol. The second-order valence-electron chi connectivity index (χ2n) is 4.87. The molecule has 0 heterocycles. The molecule has 126 valence electrons. The van der Waals surface area contributed by atoms with E-state index in [2.05, 4.69) is 10.5 Å². The summed E-state index contributed by atoms with van der Waals surface area (Å²) in [4.78, 5) is 11.9. The maximum atomic E-state index is 12.5. The Bertz CT molecular complexity index is 787. The van der Waals surface area contributed by atoms with Crippen LogP contribution in [0.25, 0.3) is 0 Å². The van der Waals surface area contributed by atoms with Gasteiger partial charge in [0.1, 0.15) is 5.75 Å². The number of aromatic hydroxyl groups is 1.